The van der Waals surface area contributed by atoms with E-state index in [4.69, 9.17) is 5.11 Å². The average molecular weight is 398 g/mol. The summed E-state index contributed by atoms with van der Waals surface area (Å²) in [5, 5.41) is 18.7. The molecule has 0 spiro atoms. The average Bonchev–Trinajstić information content (AvgIpc) is 3.29. The molecule has 142 valence electrons. The van der Waals surface area contributed by atoms with Crippen LogP contribution in [0.3, 0.4) is 0 Å². The Labute approximate surface area is 171 Å². The van der Waals surface area contributed by atoms with Gasteiger partial charge in [-0.3, -0.25) is 4.79 Å². The third-order valence-electron chi connectivity index (χ3n) is 3.94. The number of rotatable bonds is 10. The molecular formula is C22H30FeO3+2. The zero-order valence-corrected chi connectivity index (χ0v) is 16.6. The van der Waals surface area contributed by atoms with Crippen LogP contribution in [-0.4, -0.2) is 22.3 Å². The molecule has 0 heterocycles. The van der Waals surface area contributed by atoms with Crippen molar-refractivity contribution in [2.75, 3.05) is 0 Å². The molecule has 0 unspecified atom stereocenters. The van der Waals surface area contributed by atoms with Gasteiger partial charge in [-0.05, 0) is 77.0 Å². The Morgan fingerprint density at radius 3 is 2.27 bits per heavy atom. The Hall–Kier alpha value is -0.311. The molecule has 2 rings (SSSR count). The zero-order chi connectivity index (χ0) is 18.3. The summed E-state index contributed by atoms with van der Waals surface area (Å²) in [4.78, 5) is 10.5. The fourth-order valence-corrected chi connectivity index (χ4v) is 2.55. The predicted octanol–water partition coefficient (Wildman–Crippen LogP) is 4.53. The van der Waals surface area contributed by atoms with E-state index in [1.165, 1.54) is 19.3 Å². The van der Waals surface area contributed by atoms with Crippen LogP contribution in [0.15, 0.2) is 12.2 Å². The standard InChI is InChI=1S/C17H25O3.C5H5.Fe/c1-2-3-4-5-6-9-14-10-7-11-15(14)16(18)12-8-13-17(19)20;1-2-4-5-3-1;/h6-7,9-11,16,18H,2-5,8,12-13H2,1H3,(H,19,20);1-5H;/q;;+2/b9-6-;;/t16-;;/m0../s1. The minimum atomic E-state index is -0.809. The molecule has 4 heteroatoms. The number of carboxylic acid groups (broad SMARTS) is 1. The Kier molecular flexibility index (Phi) is 16.6. The minimum absolute atomic E-state index is 0. The van der Waals surface area contributed by atoms with E-state index in [1.807, 2.05) is 51.4 Å². The van der Waals surface area contributed by atoms with Crippen LogP contribution in [-0.2, 0) is 21.9 Å². The van der Waals surface area contributed by atoms with Crippen molar-refractivity contribution < 1.29 is 32.1 Å². The number of aliphatic carboxylic acids is 1. The summed E-state index contributed by atoms with van der Waals surface area (Å²) in [6.07, 6.45) is 25.3. The number of hydrogen-bond donors (Lipinski definition) is 2. The van der Waals surface area contributed by atoms with Crippen molar-refractivity contribution in [2.24, 2.45) is 0 Å². The molecule has 2 aliphatic carbocycles. The van der Waals surface area contributed by atoms with Gasteiger partial charge >= 0.3 is 23.0 Å². The second-order valence-electron chi connectivity index (χ2n) is 6.10. The summed E-state index contributed by atoms with van der Waals surface area (Å²) in [6, 6.07) is 0. The van der Waals surface area contributed by atoms with Crippen LogP contribution in [0.4, 0.5) is 0 Å². The summed E-state index contributed by atoms with van der Waals surface area (Å²) in [7, 11) is 0. The van der Waals surface area contributed by atoms with Gasteiger partial charge in [0.25, 0.3) is 0 Å². The van der Waals surface area contributed by atoms with E-state index >= 15 is 0 Å². The molecule has 2 aliphatic rings. The number of aliphatic hydroxyl groups is 1. The van der Waals surface area contributed by atoms with Gasteiger partial charge in [-0.1, -0.05) is 31.9 Å². The Morgan fingerprint density at radius 1 is 1.04 bits per heavy atom. The van der Waals surface area contributed by atoms with Gasteiger partial charge in [0.1, 0.15) is 0 Å². The zero-order valence-electron chi connectivity index (χ0n) is 15.5. The molecule has 0 amide bonds. The van der Waals surface area contributed by atoms with Crippen LogP contribution >= 0.6 is 0 Å². The van der Waals surface area contributed by atoms with Crippen LogP contribution in [0.5, 0.6) is 0 Å². The molecule has 0 saturated heterocycles. The van der Waals surface area contributed by atoms with Gasteiger partial charge < -0.3 is 10.2 Å². The van der Waals surface area contributed by atoms with E-state index < -0.39 is 12.1 Å². The van der Waals surface area contributed by atoms with Gasteiger partial charge in [-0.25, -0.2) is 0 Å². The van der Waals surface area contributed by atoms with Crippen molar-refractivity contribution >= 4 is 5.97 Å². The van der Waals surface area contributed by atoms with E-state index in [2.05, 4.69) is 19.1 Å². The molecule has 26 heavy (non-hydrogen) atoms. The largest absolute Gasteiger partial charge is 2.00 e. The minimum Gasteiger partial charge on any atom is -0.481 e. The maximum atomic E-state index is 10.5. The summed E-state index contributed by atoms with van der Waals surface area (Å²) in [5.41, 5.74) is 0. The quantitative estimate of drug-likeness (QED) is 0.420. The summed E-state index contributed by atoms with van der Waals surface area (Å²) in [6.45, 7) is 2.19. The Bertz CT molecular complexity index is 359. The van der Waals surface area contributed by atoms with Gasteiger partial charge in [0, 0.05) is 18.3 Å². The normalized spacial score (nSPS) is 19.2. The molecule has 0 aromatic rings. The first-order chi connectivity index (χ1) is 12.1. The monoisotopic (exact) mass is 398 g/mol. The van der Waals surface area contributed by atoms with Crippen molar-refractivity contribution in [1.29, 1.82) is 0 Å². The smallest absolute Gasteiger partial charge is 0.481 e. The maximum Gasteiger partial charge on any atom is 2.00 e. The van der Waals surface area contributed by atoms with Crippen molar-refractivity contribution in [3.8, 4) is 0 Å². The van der Waals surface area contributed by atoms with Gasteiger partial charge in [-0.2, -0.15) is 0 Å². The van der Waals surface area contributed by atoms with Crippen LogP contribution in [0.25, 0.3) is 0 Å². The number of carboxylic acids is 1. The van der Waals surface area contributed by atoms with Crippen molar-refractivity contribution in [3.63, 3.8) is 0 Å². The molecular weight excluding hydrogens is 368 g/mol. The molecule has 2 fully saturated rings. The third-order valence-corrected chi connectivity index (χ3v) is 3.94. The van der Waals surface area contributed by atoms with Crippen LogP contribution in [0, 0.1) is 63.2 Å². The number of allylic oxidation sites excluding steroid dienone is 2. The van der Waals surface area contributed by atoms with Crippen molar-refractivity contribution in [2.45, 2.75) is 58.0 Å². The van der Waals surface area contributed by atoms with Crippen molar-refractivity contribution in [3.05, 3.63) is 75.4 Å². The van der Waals surface area contributed by atoms with Crippen LogP contribution in [0.2, 0.25) is 0 Å². The molecule has 0 aliphatic heterocycles. The number of unbranched alkanes of at least 4 members (excludes halogenated alkanes) is 3. The van der Waals surface area contributed by atoms with Gasteiger partial charge in [-0.15, -0.1) is 0 Å². The van der Waals surface area contributed by atoms with E-state index in [0.29, 0.717) is 12.8 Å². The molecule has 3 nitrogen and oxygen atoms in total. The molecule has 0 bridgehead atoms. The van der Waals surface area contributed by atoms with Crippen LogP contribution in [0.1, 0.15) is 51.9 Å². The molecule has 0 aromatic heterocycles. The summed E-state index contributed by atoms with van der Waals surface area (Å²) < 4.78 is 0. The van der Waals surface area contributed by atoms with E-state index in [0.717, 1.165) is 18.3 Å². The third kappa shape index (κ3) is 12.1. The maximum absolute atomic E-state index is 10.5. The van der Waals surface area contributed by atoms with Gasteiger partial charge in [0.15, 0.2) is 0 Å². The van der Waals surface area contributed by atoms with E-state index in [9.17, 15) is 9.90 Å². The first-order valence-corrected chi connectivity index (χ1v) is 9.13. The fraction of sp³-hybridized carbons (Fsp3) is 0.409. The predicted molar refractivity (Wildman–Crippen MR) is 102 cm³/mol. The Morgan fingerprint density at radius 2 is 1.69 bits per heavy atom. The molecule has 2 N–H and O–H groups in total. The number of hydrogen-bond acceptors (Lipinski definition) is 2. The molecule has 10 radical (unpaired) electrons. The first kappa shape index (κ1) is 25.7. The Balaban J connectivity index is 0.000000893. The van der Waals surface area contributed by atoms with E-state index in [1.54, 1.807) is 0 Å². The van der Waals surface area contributed by atoms with E-state index in [-0.39, 0.29) is 23.5 Å². The van der Waals surface area contributed by atoms with Crippen LogP contribution < -0.4 is 0 Å². The summed E-state index contributed by atoms with van der Waals surface area (Å²) in [5.74, 6) is 1.14. The van der Waals surface area contributed by atoms with Crippen molar-refractivity contribution in [1.82, 2.24) is 0 Å². The SMILES string of the molecule is CCCCC/C=C\[C]1[CH][CH][CH][C]1[C@@H](O)CCCC(=O)O.[CH]1[CH][CH][CH][CH]1.[Fe+2]. The second kappa shape index (κ2) is 16.8. The number of carbonyl (C=O) groups is 1. The fourth-order valence-electron chi connectivity index (χ4n) is 2.55. The van der Waals surface area contributed by atoms with Gasteiger partial charge in [0.05, 0.1) is 6.10 Å². The molecule has 2 saturated carbocycles. The summed E-state index contributed by atoms with van der Waals surface area (Å²) >= 11 is 0. The second-order valence-corrected chi connectivity index (χ2v) is 6.10. The molecule has 0 aromatic carbocycles. The van der Waals surface area contributed by atoms with Gasteiger partial charge in [0.2, 0.25) is 0 Å². The number of aliphatic hydroxyl groups excluding tert-OH is 1. The topological polar surface area (TPSA) is 57.5 Å². The molecule has 1 atom stereocenters. The first-order valence-electron chi connectivity index (χ1n) is 9.13.